The van der Waals surface area contributed by atoms with E-state index in [0.29, 0.717) is 28.9 Å². The molecule has 338 valence electrons. The molecule has 0 saturated carbocycles. The summed E-state index contributed by atoms with van der Waals surface area (Å²) in [6.45, 7) is 15.1. The van der Waals surface area contributed by atoms with Crippen molar-refractivity contribution in [2.24, 2.45) is 5.92 Å². The number of nitrogens with zero attached hydrogens (tertiary/aromatic N) is 8. The van der Waals surface area contributed by atoms with Gasteiger partial charge in [0.15, 0.2) is 11.6 Å². The number of aryl methyl sites for hydroxylation is 1. The van der Waals surface area contributed by atoms with E-state index in [1.165, 1.54) is 4.90 Å². The van der Waals surface area contributed by atoms with E-state index in [2.05, 4.69) is 45.7 Å². The van der Waals surface area contributed by atoms with Crippen molar-refractivity contribution in [3.05, 3.63) is 83.2 Å². The zero-order chi connectivity index (χ0) is 44.5. The van der Waals surface area contributed by atoms with Crippen molar-refractivity contribution in [1.82, 2.24) is 40.4 Å². The van der Waals surface area contributed by atoms with E-state index in [9.17, 15) is 19.8 Å². The summed E-state index contributed by atoms with van der Waals surface area (Å²) < 4.78 is 12.1. The van der Waals surface area contributed by atoms with E-state index in [-0.39, 0.29) is 48.6 Å². The number of piperazine rings is 1. The number of para-hydroxylation sites is 1. The number of amides is 2. The van der Waals surface area contributed by atoms with Crippen molar-refractivity contribution in [3.8, 4) is 33.3 Å². The fraction of sp³-hybridized carbons (Fsp3) is 0.489. The molecule has 6 atom stereocenters. The second-order valence-electron chi connectivity index (χ2n) is 18.0. The number of aromatic hydroxyl groups is 1. The zero-order valence-corrected chi connectivity index (χ0v) is 37.7. The van der Waals surface area contributed by atoms with E-state index in [4.69, 9.17) is 9.26 Å². The number of phenolic OH excluding ortho intramolecular Hbond substituents is 1. The van der Waals surface area contributed by atoms with Crippen molar-refractivity contribution < 1.29 is 29.1 Å². The second-order valence-corrected chi connectivity index (χ2v) is 18.9. The van der Waals surface area contributed by atoms with Crippen LogP contribution in [0.4, 0.5) is 11.5 Å². The van der Waals surface area contributed by atoms with Gasteiger partial charge in [-0.1, -0.05) is 50.2 Å². The van der Waals surface area contributed by atoms with Gasteiger partial charge < -0.3 is 39.9 Å². The SMILES string of the molecule is Cc1ncsc1-c1ccc([C@H](C)NC(=O)[C@@H]2C[C@@H](O)CN2C(=O)[C@@H](c2cc(OC3CCN(CCCN4CCN5c6cc(-c7ccccc7O)nnc6NC[C@H]5C4)C3)no2)C(C)C)cc1. The van der Waals surface area contributed by atoms with Crippen LogP contribution in [0.15, 0.2) is 70.7 Å². The Hall–Kier alpha value is -5.62. The molecule has 0 bridgehead atoms. The number of phenols is 1. The Morgan fingerprint density at radius 2 is 1.80 bits per heavy atom. The first kappa shape index (κ1) is 43.6. The summed E-state index contributed by atoms with van der Waals surface area (Å²) in [6, 6.07) is 18.2. The van der Waals surface area contributed by atoms with E-state index >= 15 is 0 Å². The summed E-state index contributed by atoms with van der Waals surface area (Å²) in [5.41, 5.74) is 7.20. The van der Waals surface area contributed by atoms with Crippen molar-refractivity contribution >= 4 is 34.7 Å². The van der Waals surface area contributed by atoms with E-state index in [0.717, 1.165) is 98.4 Å². The molecule has 3 fully saturated rings. The number of ether oxygens (including phenoxy) is 1. The highest BCUT2D eigenvalue weighted by atomic mass is 32.1. The molecule has 4 N–H and O–H groups in total. The van der Waals surface area contributed by atoms with Gasteiger partial charge in [0.2, 0.25) is 11.8 Å². The Labute approximate surface area is 377 Å². The monoisotopic (exact) mass is 890 g/mol. The molecule has 3 aromatic heterocycles. The van der Waals surface area contributed by atoms with Gasteiger partial charge in [-0.05, 0) is 80.2 Å². The van der Waals surface area contributed by atoms with Gasteiger partial charge in [0.05, 0.1) is 45.7 Å². The van der Waals surface area contributed by atoms with Gasteiger partial charge in [0, 0.05) is 63.9 Å². The number of hydrogen-bond donors (Lipinski definition) is 4. The molecule has 0 spiro atoms. The number of anilines is 2. The molecule has 2 aromatic carbocycles. The number of aliphatic hydroxyl groups excluding tert-OH is 1. The van der Waals surface area contributed by atoms with Crippen LogP contribution in [-0.4, -0.2) is 140 Å². The quantitative estimate of drug-likeness (QED) is 0.113. The Bertz CT molecular complexity index is 2430. The van der Waals surface area contributed by atoms with Crippen LogP contribution in [0.1, 0.15) is 69.0 Å². The van der Waals surface area contributed by atoms with Crippen LogP contribution >= 0.6 is 11.3 Å². The molecular weight excluding hydrogens is 833 g/mol. The molecule has 4 aliphatic heterocycles. The average molecular weight is 891 g/mol. The number of thiazole rings is 1. The third-order valence-electron chi connectivity index (χ3n) is 13.2. The van der Waals surface area contributed by atoms with E-state index in [1.54, 1.807) is 29.5 Å². The van der Waals surface area contributed by atoms with Crippen molar-refractivity contribution in [1.29, 1.82) is 0 Å². The van der Waals surface area contributed by atoms with Crippen LogP contribution in [-0.2, 0) is 9.59 Å². The van der Waals surface area contributed by atoms with Crippen LogP contribution in [0.5, 0.6) is 11.6 Å². The number of carbonyl (C=O) groups is 2. The maximum absolute atomic E-state index is 14.3. The predicted molar refractivity (Wildman–Crippen MR) is 244 cm³/mol. The molecule has 5 aromatic rings. The van der Waals surface area contributed by atoms with Crippen LogP contribution in [0, 0.1) is 12.8 Å². The van der Waals surface area contributed by atoms with Crippen molar-refractivity contribution in [3.63, 3.8) is 0 Å². The number of β-amino-alcohol motifs (C(OH)–C–C–N with tert-alkyl or cyclic N) is 1. The number of nitrogens with one attached hydrogen (secondary N) is 2. The molecule has 16 nitrogen and oxygen atoms in total. The molecule has 4 aliphatic rings. The number of fused-ring (bicyclic) bond motifs is 3. The van der Waals surface area contributed by atoms with Crippen LogP contribution in [0.25, 0.3) is 21.7 Å². The number of benzene rings is 2. The largest absolute Gasteiger partial charge is 0.507 e. The number of carbonyl (C=O) groups excluding carboxylic acids is 2. The van der Waals surface area contributed by atoms with Gasteiger partial charge in [0.25, 0.3) is 5.88 Å². The van der Waals surface area contributed by atoms with Gasteiger partial charge in [-0.2, -0.15) is 0 Å². The molecule has 17 heteroatoms. The first-order valence-electron chi connectivity index (χ1n) is 22.5. The summed E-state index contributed by atoms with van der Waals surface area (Å²) in [7, 11) is 0. The van der Waals surface area contributed by atoms with Gasteiger partial charge in [0.1, 0.15) is 23.8 Å². The maximum Gasteiger partial charge on any atom is 0.254 e. The predicted octanol–water partition coefficient (Wildman–Crippen LogP) is 5.31. The molecule has 2 amide bonds. The Morgan fingerprint density at radius 1 is 1.00 bits per heavy atom. The second kappa shape index (κ2) is 18.8. The molecule has 3 saturated heterocycles. The summed E-state index contributed by atoms with van der Waals surface area (Å²) in [5.74, 6) is 0.257. The molecule has 9 rings (SSSR count). The van der Waals surface area contributed by atoms with Gasteiger partial charge >= 0.3 is 0 Å². The van der Waals surface area contributed by atoms with Crippen LogP contribution in [0.2, 0.25) is 0 Å². The average Bonchev–Trinajstić information content (AvgIpc) is 4.12. The number of aromatic nitrogens is 4. The number of hydrogen-bond acceptors (Lipinski definition) is 15. The minimum Gasteiger partial charge on any atom is -0.507 e. The van der Waals surface area contributed by atoms with Crippen LogP contribution in [0.3, 0.4) is 0 Å². The minimum absolute atomic E-state index is 0.0503. The number of likely N-dealkylation sites (tertiary alicyclic amines) is 2. The molecule has 7 heterocycles. The molecule has 1 unspecified atom stereocenters. The summed E-state index contributed by atoms with van der Waals surface area (Å²) >= 11 is 1.59. The lowest BCUT2D eigenvalue weighted by Crippen LogP contribution is -2.58. The molecule has 64 heavy (non-hydrogen) atoms. The first-order valence-corrected chi connectivity index (χ1v) is 23.4. The molecule has 0 radical (unpaired) electrons. The summed E-state index contributed by atoms with van der Waals surface area (Å²) in [6.07, 6.45) is 1.20. The minimum atomic E-state index is -0.819. The lowest BCUT2D eigenvalue weighted by Gasteiger charge is -2.45. The molecular formula is C47H58N10O6S. The summed E-state index contributed by atoms with van der Waals surface area (Å²) in [5, 5.41) is 40.7. The molecule has 0 aliphatic carbocycles. The highest BCUT2D eigenvalue weighted by Crippen LogP contribution is 2.37. The van der Waals surface area contributed by atoms with Gasteiger partial charge in [-0.3, -0.25) is 19.4 Å². The number of aliphatic hydroxyl groups is 1. The van der Waals surface area contributed by atoms with Crippen LogP contribution < -0.4 is 20.3 Å². The lowest BCUT2D eigenvalue weighted by atomic mass is 9.91. The lowest BCUT2D eigenvalue weighted by molar-refractivity contribution is -0.141. The smallest absolute Gasteiger partial charge is 0.254 e. The standard InChI is InChI=1S/C47H58N10O6S/c1-28(2)43(47(61)57-25-34(58)20-39(57)46(60)50-29(3)31-10-12-32(13-11-31)44-30(4)49-27-64-44)41-22-42(53-63-41)62-35-14-17-54(26-35)15-7-16-55-18-19-56-33(24-55)23-48-45-38(56)21-37(51-52-45)36-8-5-6-9-40(36)59/h5-6,8-13,21-22,27-29,33-35,39,43,58-59H,7,14-20,23-26H2,1-4H3,(H,48,52)(H,50,60)/t29-,33-,34+,35?,39-,43+/m0/s1. The number of rotatable bonds is 14. The highest BCUT2D eigenvalue weighted by Gasteiger charge is 2.44. The van der Waals surface area contributed by atoms with E-state index < -0.39 is 18.1 Å². The Kier molecular flexibility index (Phi) is 12.8. The third-order valence-corrected chi connectivity index (χ3v) is 14.2. The van der Waals surface area contributed by atoms with Crippen molar-refractivity contribution in [2.75, 3.05) is 69.1 Å². The Balaban J connectivity index is 0.744. The highest BCUT2D eigenvalue weighted by molar-refractivity contribution is 7.13. The fourth-order valence-corrected chi connectivity index (χ4v) is 10.6. The van der Waals surface area contributed by atoms with Crippen molar-refractivity contribution in [2.45, 2.75) is 83.2 Å². The fourth-order valence-electron chi connectivity index (χ4n) is 9.75. The third kappa shape index (κ3) is 9.30. The van der Waals surface area contributed by atoms with Gasteiger partial charge in [-0.25, -0.2) is 4.98 Å². The van der Waals surface area contributed by atoms with E-state index in [1.807, 2.05) is 75.7 Å². The Morgan fingerprint density at radius 3 is 2.56 bits per heavy atom. The normalized spacial score (nSPS) is 22.2. The topological polar surface area (TPSA) is 186 Å². The maximum atomic E-state index is 14.3. The summed E-state index contributed by atoms with van der Waals surface area (Å²) in [4.78, 5) is 42.4. The van der Waals surface area contributed by atoms with Gasteiger partial charge in [-0.15, -0.1) is 21.5 Å². The zero-order valence-electron chi connectivity index (χ0n) is 36.9. The first-order chi connectivity index (χ1) is 31.0.